The summed E-state index contributed by atoms with van der Waals surface area (Å²) in [7, 11) is -4.56. The number of thiophene rings is 1. The van der Waals surface area contributed by atoms with Gasteiger partial charge in [-0.15, -0.1) is 11.3 Å². The van der Waals surface area contributed by atoms with Crippen molar-refractivity contribution in [3.63, 3.8) is 0 Å². The monoisotopic (exact) mass is 659 g/mol. The molecule has 15 heteroatoms. The van der Waals surface area contributed by atoms with E-state index in [0.29, 0.717) is 4.70 Å². The Morgan fingerprint density at radius 2 is 1.50 bits per heavy atom. The van der Waals surface area contributed by atoms with E-state index in [9.17, 15) is 36.1 Å². The largest absolute Gasteiger partial charge is 0.464 e. The second-order valence-corrected chi connectivity index (χ2v) is 13.1. The number of esters is 2. The van der Waals surface area contributed by atoms with E-state index in [4.69, 9.17) is 9.26 Å². The Hall–Kier alpha value is -3.87. The molecule has 0 aliphatic heterocycles. The molecule has 0 aliphatic rings. The molecule has 0 unspecified atom stereocenters. The molecule has 4 aromatic rings. The van der Waals surface area contributed by atoms with E-state index in [1.54, 1.807) is 18.2 Å². The maximum absolute atomic E-state index is 16.1. The summed E-state index contributed by atoms with van der Waals surface area (Å²) >= 11 is 0.720. The third-order valence-corrected chi connectivity index (χ3v) is 9.17. The molecule has 44 heavy (non-hydrogen) atoms. The van der Waals surface area contributed by atoms with Crippen molar-refractivity contribution < 1.29 is 54.5 Å². The molecule has 0 spiro atoms. The van der Waals surface area contributed by atoms with Crippen LogP contribution in [0.25, 0.3) is 10.1 Å². The van der Waals surface area contributed by atoms with Crippen molar-refractivity contribution in [1.82, 2.24) is 5.09 Å². The zero-order chi connectivity index (χ0) is 32.3. The quantitative estimate of drug-likeness (QED) is 0.0433. The number of carbonyl (C=O) groups is 2. The SMILES string of the molecule is CC(C)COC(=O)[C@H](C)N[P@@](=O)(Oc1ccccc1)[C@@H](F)c1ccc2sc(C(=O)Oc3c(F)c(F)c(F)c(F)c3F)cc2c1. The lowest BCUT2D eigenvalue weighted by Gasteiger charge is -2.26. The van der Waals surface area contributed by atoms with Gasteiger partial charge in [-0.2, -0.15) is 8.78 Å². The fraction of sp³-hybridized carbons (Fsp3) is 0.241. The predicted molar refractivity (Wildman–Crippen MR) is 150 cm³/mol. The van der Waals surface area contributed by atoms with Crippen LogP contribution in [0.2, 0.25) is 0 Å². The lowest BCUT2D eigenvalue weighted by atomic mass is 10.2. The van der Waals surface area contributed by atoms with Crippen molar-refractivity contribution in [1.29, 1.82) is 0 Å². The van der Waals surface area contributed by atoms with Gasteiger partial charge in [0, 0.05) is 4.70 Å². The minimum Gasteiger partial charge on any atom is -0.464 e. The zero-order valence-corrected chi connectivity index (χ0v) is 24.9. The van der Waals surface area contributed by atoms with Gasteiger partial charge in [0.25, 0.3) is 0 Å². The number of halogens is 6. The number of ether oxygens (including phenoxy) is 2. The maximum atomic E-state index is 16.1. The number of hydrogen-bond donors (Lipinski definition) is 1. The topological polar surface area (TPSA) is 90.9 Å². The molecule has 0 saturated heterocycles. The van der Waals surface area contributed by atoms with Crippen molar-refractivity contribution in [2.24, 2.45) is 5.92 Å². The van der Waals surface area contributed by atoms with E-state index in [-0.39, 0.29) is 34.1 Å². The number of benzene rings is 3. The van der Waals surface area contributed by atoms with Gasteiger partial charge in [0.05, 0.1) is 6.61 Å². The normalized spacial score (nSPS) is 14.2. The molecule has 1 aromatic heterocycles. The lowest BCUT2D eigenvalue weighted by molar-refractivity contribution is -0.146. The minimum absolute atomic E-state index is 0.0167. The van der Waals surface area contributed by atoms with Crippen LogP contribution in [0.1, 0.15) is 41.9 Å². The van der Waals surface area contributed by atoms with Gasteiger partial charge in [-0.25, -0.2) is 27.4 Å². The number of carbonyl (C=O) groups excluding carboxylic acids is 2. The van der Waals surface area contributed by atoms with Crippen LogP contribution >= 0.6 is 18.9 Å². The van der Waals surface area contributed by atoms with Crippen LogP contribution in [0.4, 0.5) is 26.3 Å². The molecule has 1 N–H and O–H groups in total. The predicted octanol–water partition coefficient (Wildman–Crippen LogP) is 8.23. The third-order valence-electron chi connectivity index (χ3n) is 5.95. The molecular weight excluding hydrogens is 635 g/mol. The summed E-state index contributed by atoms with van der Waals surface area (Å²) in [5.41, 5.74) is -0.190. The van der Waals surface area contributed by atoms with Crippen LogP contribution in [0.15, 0.2) is 54.6 Å². The van der Waals surface area contributed by atoms with Gasteiger partial charge in [-0.1, -0.05) is 38.1 Å². The van der Waals surface area contributed by atoms with Crippen molar-refractivity contribution in [3.8, 4) is 11.5 Å². The molecule has 3 aromatic carbocycles. The van der Waals surface area contributed by atoms with Crippen molar-refractivity contribution in [2.45, 2.75) is 32.7 Å². The molecule has 0 aliphatic carbocycles. The maximum Gasteiger partial charge on any atom is 0.355 e. The molecule has 234 valence electrons. The summed E-state index contributed by atoms with van der Waals surface area (Å²) in [5.74, 6) is -18.0. The highest BCUT2D eigenvalue weighted by atomic mass is 32.1. The highest BCUT2D eigenvalue weighted by Gasteiger charge is 2.41. The Labute approximate surface area is 251 Å². The number of alkyl halides is 1. The molecule has 1 heterocycles. The molecule has 0 bridgehead atoms. The fourth-order valence-corrected chi connectivity index (χ4v) is 6.63. The van der Waals surface area contributed by atoms with E-state index in [1.807, 2.05) is 13.8 Å². The van der Waals surface area contributed by atoms with Gasteiger partial charge in [-0.05, 0) is 54.1 Å². The average Bonchev–Trinajstić information content (AvgIpc) is 3.43. The smallest absolute Gasteiger partial charge is 0.355 e. The van der Waals surface area contributed by atoms with Crippen molar-refractivity contribution in [3.05, 3.63) is 94.1 Å². The molecule has 3 atom stereocenters. The first-order valence-corrected chi connectivity index (χ1v) is 15.4. The molecule has 0 radical (unpaired) electrons. The second kappa shape index (κ2) is 13.4. The minimum atomic E-state index is -4.56. The van der Waals surface area contributed by atoms with Gasteiger partial charge >= 0.3 is 19.5 Å². The number of hydrogen-bond acceptors (Lipinski definition) is 7. The summed E-state index contributed by atoms with van der Waals surface area (Å²) in [4.78, 5) is 24.7. The second-order valence-electron chi connectivity index (χ2n) is 9.91. The fourth-order valence-electron chi connectivity index (χ4n) is 3.80. The first-order chi connectivity index (χ1) is 20.7. The van der Waals surface area contributed by atoms with Gasteiger partial charge in [0.15, 0.2) is 0 Å². The van der Waals surface area contributed by atoms with Crippen LogP contribution in [-0.4, -0.2) is 24.6 Å². The highest BCUT2D eigenvalue weighted by Crippen LogP contribution is 2.58. The summed E-state index contributed by atoms with van der Waals surface area (Å²) in [5, 5.41) is 2.63. The summed E-state index contributed by atoms with van der Waals surface area (Å²) in [6, 6.07) is 11.4. The Balaban J connectivity index is 1.63. The summed E-state index contributed by atoms with van der Waals surface area (Å²) in [6.45, 7) is 5.05. The van der Waals surface area contributed by atoms with E-state index in [0.717, 1.165) is 17.4 Å². The van der Waals surface area contributed by atoms with E-state index in [2.05, 4.69) is 9.82 Å². The number of rotatable bonds is 11. The van der Waals surface area contributed by atoms with Gasteiger partial charge in [0.1, 0.15) is 16.7 Å². The lowest BCUT2D eigenvalue weighted by Crippen LogP contribution is -2.36. The molecule has 0 amide bonds. The number of nitrogens with one attached hydrogen (secondary N) is 1. The van der Waals surface area contributed by atoms with Gasteiger partial charge < -0.3 is 14.0 Å². The van der Waals surface area contributed by atoms with Crippen LogP contribution in [-0.2, 0) is 14.1 Å². The van der Waals surface area contributed by atoms with Gasteiger partial charge in [-0.3, -0.25) is 9.36 Å². The summed E-state index contributed by atoms with van der Waals surface area (Å²) in [6.07, 6.45) is 0. The van der Waals surface area contributed by atoms with Crippen molar-refractivity contribution >= 4 is 40.9 Å². The standard InChI is InChI=1S/C29H24F6NO6PS/c1-14(2)13-40-28(37)15(3)36-43(39,42-18-7-5-4-6-8-18)27(35)16-9-10-19-17(11-16)12-20(44-19)29(38)41-26-24(33)22(31)21(30)23(32)25(26)34/h4-12,14-15,27H,13H2,1-3H3,(H,36,39)/t15-,27+,43-/m0/s1. The summed E-state index contributed by atoms with van der Waals surface area (Å²) < 4.78 is 114. The average molecular weight is 660 g/mol. The Bertz CT molecular complexity index is 1720. The van der Waals surface area contributed by atoms with Crippen LogP contribution < -0.4 is 14.3 Å². The third kappa shape index (κ3) is 7.09. The zero-order valence-electron chi connectivity index (χ0n) is 23.2. The Morgan fingerprint density at radius 3 is 2.11 bits per heavy atom. The van der Waals surface area contributed by atoms with Crippen LogP contribution in [0, 0.1) is 35.0 Å². The van der Waals surface area contributed by atoms with Crippen LogP contribution in [0.3, 0.4) is 0 Å². The molecule has 7 nitrogen and oxygen atoms in total. The highest BCUT2D eigenvalue weighted by molar-refractivity contribution is 7.57. The first kappa shape index (κ1) is 33.0. The molecule has 0 saturated carbocycles. The van der Waals surface area contributed by atoms with Crippen molar-refractivity contribution in [2.75, 3.05) is 6.61 Å². The Kier molecular flexibility index (Phi) is 10.1. The molecule has 4 rings (SSSR count). The number of para-hydroxylation sites is 1. The molecular formula is C29H24F6NO6PS. The van der Waals surface area contributed by atoms with E-state index >= 15 is 4.39 Å². The van der Waals surface area contributed by atoms with E-state index in [1.165, 1.54) is 37.3 Å². The number of fused-ring (bicyclic) bond motifs is 1. The first-order valence-electron chi connectivity index (χ1n) is 12.9. The molecule has 0 fully saturated rings. The van der Waals surface area contributed by atoms with Gasteiger partial charge in [0.2, 0.25) is 40.7 Å². The Morgan fingerprint density at radius 1 is 0.886 bits per heavy atom. The van der Waals surface area contributed by atoms with E-state index < -0.39 is 66.2 Å². The van der Waals surface area contributed by atoms with Crippen LogP contribution in [0.5, 0.6) is 11.5 Å².